The van der Waals surface area contributed by atoms with Gasteiger partial charge < -0.3 is 15.2 Å². The van der Waals surface area contributed by atoms with Crippen LogP contribution in [0.25, 0.3) is 0 Å². The fourth-order valence-electron chi connectivity index (χ4n) is 3.62. The summed E-state index contributed by atoms with van der Waals surface area (Å²) in [5.74, 6) is -0.973. The van der Waals surface area contributed by atoms with Crippen LogP contribution in [0.15, 0.2) is 54.9 Å². The molecule has 11 heteroatoms. The number of alkyl halides is 3. The van der Waals surface area contributed by atoms with Crippen molar-refractivity contribution in [2.24, 2.45) is 0 Å². The molecule has 2 atom stereocenters. The van der Waals surface area contributed by atoms with Gasteiger partial charge in [-0.1, -0.05) is 35.3 Å². The van der Waals surface area contributed by atoms with Crippen molar-refractivity contribution < 1.29 is 22.8 Å². The Kier molecular flexibility index (Phi) is 6.07. The molecule has 2 amide bonds. The molecule has 1 fully saturated rings. The van der Waals surface area contributed by atoms with Crippen LogP contribution in [0, 0.1) is 0 Å². The summed E-state index contributed by atoms with van der Waals surface area (Å²) in [7, 11) is 0. The number of amides is 2. The predicted octanol–water partition coefficient (Wildman–Crippen LogP) is 4.58. The zero-order valence-electron chi connectivity index (χ0n) is 16.4. The van der Waals surface area contributed by atoms with Gasteiger partial charge in [0.2, 0.25) is 5.91 Å². The lowest BCUT2D eigenvalue weighted by molar-refractivity contribution is -0.137. The zero-order chi connectivity index (χ0) is 23.0. The molecule has 4 rings (SSSR count). The second-order valence-electron chi connectivity index (χ2n) is 7.40. The van der Waals surface area contributed by atoms with Crippen LogP contribution in [0.2, 0.25) is 10.0 Å². The highest BCUT2D eigenvalue weighted by atomic mass is 35.5. The molecular weight excluding hydrogens is 468 g/mol. The van der Waals surface area contributed by atoms with E-state index in [1.54, 1.807) is 23.3 Å². The largest absolute Gasteiger partial charge is 0.416 e. The maximum absolute atomic E-state index is 12.9. The van der Waals surface area contributed by atoms with Crippen LogP contribution in [-0.4, -0.2) is 34.3 Å². The van der Waals surface area contributed by atoms with E-state index in [2.05, 4.69) is 10.7 Å². The van der Waals surface area contributed by atoms with Crippen molar-refractivity contribution in [2.45, 2.75) is 24.7 Å². The molecule has 2 unspecified atom stereocenters. The number of hydrogen-bond acceptors (Lipinski definition) is 4. The van der Waals surface area contributed by atoms with Gasteiger partial charge in [0.15, 0.2) is 0 Å². The van der Waals surface area contributed by atoms with E-state index in [9.17, 15) is 22.8 Å². The zero-order valence-corrected chi connectivity index (χ0v) is 17.9. The average molecular weight is 485 g/mol. The first-order valence-corrected chi connectivity index (χ1v) is 10.3. The summed E-state index contributed by atoms with van der Waals surface area (Å²) in [6.45, 7) is -0.363. The number of nitrogens with zero attached hydrogens (tertiary/aromatic N) is 2. The van der Waals surface area contributed by atoms with Crippen molar-refractivity contribution in [1.82, 2.24) is 15.3 Å². The Morgan fingerprint density at radius 2 is 1.84 bits per heavy atom. The lowest BCUT2D eigenvalue weighted by Crippen LogP contribution is -2.49. The number of halogens is 5. The van der Waals surface area contributed by atoms with Gasteiger partial charge in [-0.05, 0) is 42.3 Å². The fourth-order valence-corrected chi connectivity index (χ4v) is 3.91. The number of rotatable bonds is 4. The third kappa shape index (κ3) is 4.69. The standard InChI is InChI=1S/C21H17Cl2F3N4O2/c22-14-4-1-12(2-5-14)16-10-18-20(32)29(7-8-30(18)28-16)11-19(31)27-17-9-13(21(24,25)26)3-6-15(17)23/h1-9,16,18,28H,10-11H2,(H,27,31). The predicted molar refractivity (Wildman–Crippen MR) is 114 cm³/mol. The topological polar surface area (TPSA) is 64.7 Å². The van der Waals surface area contributed by atoms with Crippen LogP contribution in [-0.2, 0) is 15.8 Å². The summed E-state index contributed by atoms with van der Waals surface area (Å²) in [6.07, 6.45) is -1.01. The SMILES string of the molecule is O=C(CN1C=CN2NC(c3ccc(Cl)cc3)CC2C1=O)Nc1cc(C(F)(F)F)ccc1Cl. The molecule has 2 heterocycles. The molecule has 1 saturated heterocycles. The first kappa shape index (κ1) is 22.4. The lowest BCUT2D eigenvalue weighted by atomic mass is 10.0. The number of nitrogens with one attached hydrogen (secondary N) is 2. The Morgan fingerprint density at radius 3 is 2.53 bits per heavy atom. The van der Waals surface area contributed by atoms with Crippen LogP contribution >= 0.6 is 23.2 Å². The quantitative estimate of drug-likeness (QED) is 0.666. The van der Waals surface area contributed by atoms with E-state index in [1.807, 2.05) is 12.1 Å². The van der Waals surface area contributed by atoms with Crippen LogP contribution in [0.3, 0.4) is 0 Å². The molecule has 0 aliphatic carbocycles. The average Bonchev–Trinajstić information content (AvgIpc) is 3.16. The molecule has 32 heavy (non-hydrogen) atoms. The minimum Gasteiger partial charge on any atom is -0.323 e. The highest BCUT2D eigenvalue weighted by Gasteiger charge is 2.40. The van der Waals surface area contributed by atoms with Gasteiger partial charge in [0.05, 0.1) is 22.3 Å². The van der Waals surface area contributed by atoms with Crippen molar-refractivity contribution >= 4 is 40.7 Å². The molecule has 2 N–H and O–H groups in total. The Balaban J connectivity index is 1.41. The second-order valence-corrected chi connectivity index (χ2v) is 8.24. The minimum absolute atomic E-state index is 0.0381. The summed E-state index contributed by atoms with van der Waals surface area (Å²) >= 11 is 11.8. The van der Waals surface area contributed by atoms with Gasteiger partial charge in [0, 0.05) is 17.4 Å². The van der Waals surface area contributed by atoms with Crippen molar-refractivity contribution in [2.75, 3.05) is 11.9 Å². The van der Waals surface area contributed by atoms with Crippen molar-refractivity contribution in [1.29, 1.82) is 0 Å². The summed E-state index contributed by atoms with van der Waals surface area (Å²) < 4.78 is 38.8. The van der Waals surface area contributed by atoms with Crippen LogP contribution in [0.1, 0.15) is 23.6 Å². The Bertz CT molecular complexity index is 1080. The minimum atomic E-state index is -4.57. The van der Waals surface area contributed by atoms with Gasteiger partial charge >= 0.3 is 6.18 Å². The maximum Gasteiger partial charge on any atom is 0.416 e. The summed E-state index contributed by atoms with van der Waals surface area (Å²) in [6, 6.07) is 9.29. The molecule has 0 spiro atoms. The number of carbonyl (C=O) groups is 2. The smallest absolute Gasteiger partial charge is 0.323 e. The molecule has 168 valence electrons. The van der Waals surface area contributed by atoms with E-state index in [1.165, 1.54) is 11.1 Å². The monoisotopic (exact) mass is 484 g/mol. The number of hydrogen-bond donors (Lipinski definition) is 2. The molecular formula is C21H17Cl2F3N4O2. The molecule has 2 aromatic carbocycles. The number of benzene rings is 2. The summed E-state index contributed by atoms with van der Waals surface area (Å²) in [4.78, 5) is 26.6. The summed E-state index contributed by atoms with van der Waals surface area (Å²) in [5, 5.41) is 4.60. The first-order valence-electron chi connectivity index (χ1n) is 9.57. The van der Waals surface area contributed by atoms with E-state index in [0.717, 1.165) is 23.8 Å². The van der Waals surface area contributed by atoms with Crippen LogP contribution in [0.5, 0.6) is 0 Å². The van der Waals surface area contributed by atoms with Gasteiger partial charge in [0.25, 0.3) is 5.91 Å². The van der Waals surface area contributed by atoms with E-state index in [0.29, 0.717) is 11.4 Å². The van der Waals surface area contributed by atoms with E-state index in [4.69, 9.17) is 23.2 Å². The van der Waals surface area contributed by atoms with E-state index >= 15 is 0 Å². The molecule has 0 bridgehead atoms. The molecule has 2 aliphatic rings. The lowest BCUT2D eigenvalue weighted by Gasteiger charge is -2.31. The molecule has 0 radical (unpaired) electrons. The third-order valence-electron chi connectivity index (χ3n) is 5.23. The van der Waals surface area contributed by atoms with Crippen LogP contribution < -0.4 is 10.7 Å². The van der Waals surface area contributed by atoms with E-state index < -0.39 is 23.7 Å². The van der Waals surface area contributed by atoms with Crippen molar-refractivity contribution in [3.63, 3.8) is 0 Å². The second kappa shape index (κ2) is 8.65. The molecule has 0 saturated carbocycles. The molecule has 0 aromatic heterocycles. The number of fused-ring (bicyclic) bond motifs is 1. The Hall–Kier alpha value is -2.75. The third-order valence-corrected chi connectivity index (χ3v) is 5.81. The molecule has 6 nitrogen and oxygen atoms in total. The van der Waals surface area contributed by atoms with Gasteiger partial charge in [-0.15, -0.1) is 0 Å². The highest BCUT2D eigenvalue weighted by molar-refractivity contribution is 6.33. The van der Waals surface area contributed by atoms with Gasteiger partial charge in [-0.3, -0.25) is 9.59 Å². The first-order chi connectivity index (χ1) is 15.1. The maximum atomic E-state index is 12.9. The van der Waals surface area contributed by atoms with Crippen molar-refractivity contribution in [3.05, 3.63) is 76.0 Å². The normalized spacial score (nSPS) is 20.5. The molecule has 2 aromatic rings. The number of anilines is 1. The van der Waals surface area contributed by atoms with Crippen LogP contribution in [0.4, 0.5) is 18.9 Å². The van der Waals surface area contributed by atoms with E-state index in [-0.39, 0.29) is 29.2 Å². The number of hydrazine groups is 1. The Morgan fingerprint density at radius 1 is 1.12 bits per heavy atom. The Labute approximate surface area is 191 Å². The fraction of sp³-hybridized carbons (Fsp3) is 0.238. The van der Waals surface area contributed by atoms with Gasteiger partial charge in [0.1, 0.15) is 12.6 Å². The van der Waals surface area contributed by atoms with Gasteiger partial charge in [-0.25, -0.2) is 5.43 Å². The van der Waals surface area contributed by atoms with Gasteiger partial charge in [-0.2, -0.15) is 13.2 Å². The molecule has 2 aliphatic heterocycles. The van der Waals surface area contributed by atoms with Crippen molar-refractivity contribution in [3.8, 4) is 0 Å². The number of carbonyl (C=O) groups excluding carboxylic acids is 2. The summed E-state index contributed by atoms with van der Waals surface area (Å²) in [5.41, 5.74) is 3.09. The highest BCUT2D eigenvalue weighted by Crippen LogP contribution is 2.34.